The van der Waals surface area contributed by atoms with Crippen LogP contribution >= 0.6 is 11.6 Å². The first-order valence-electron chi connectivity index (χ1n) is 15.8. The van der Waals surface area contributed by atoms with Gasteiger partial charge in [0.05, 0.1) is 17.3 Å². The lowest BCUT2D eigenvalue weighted by molar-refractivity contribution is -0.135. The molecule has 1 aromatic heterocycles. The molecule has 258 valence electrons. The number of alkyl halides is 2. The monoisotopic (exact) mass is 693 g/mol. The van der Waals surface area contributed by atoms with Gasteiger partial charge in [0.25, 0.3) is 5.91 Å². The number of likely N-dealkylation sites (tertiary alicyclic amines) is 1. The molecule has 0 radical (unpaired) electrons. The second-order valence-corrected chi connectivity index (χ2v) is 14.5. The van der Waals surface area contributed by atoms with E-state index in [1.54, 1.807) is 47.4 Å². The molecule has 0 bridgehead atoms. The quantitative estimate of drug-likeness (QED) is 0.183. The molecule has 3 heterocycles. The molecule has 1 saturated heterocycles. The molecular weight excluding hydrogens is 656 g/mol. The van der Waals surface area contributed by atoms with Crippen LogP contribution in [0.5, 0.6) is 0 Å². The number of nitrogens with two attached hydrogens (primary N) is 2. The third-order valence-corrected chi connectivity index (χ3v) is 9.54. The lowest BCUT2D eigenvalue weighted by atomic mass is 9.75. The largest absolute Gasteiger partial charge is 0.447 e. The predicted octanol–water partition coefficient (Wildman–Crippen LogP) is 5.67. The molecule has 12 nitrogen and oxygen atoms in total. The molecule has 1 aliphatic carbocycles. The Morgan fingerprint density at radius 1 is 1.16 bits per heavy atom. The van der Waals surface area contributed by atoms with Crippen molar-refractivity contribution in [1.82, 2.24) is 19.6 Å². The number of benzene rings is 2. The fraction of sp³-hybridized carbons (Fsp3) is 0.412. The van der Waals surface area contributed by atoms with Crippen LogP contribution in [0.15, 0.2) is 64.8 Å². The number of halogens is 3. The summed E-state index contributed by atoms with van der Waals surface area (Å²) in [6.45, 7) is 4.21. The van der Waals surface area contributed by atoms with Gasteiger partial charge in [0.2, 0.25) is 0 Å². The number of hydrogen-bond acceptors (Lipinski definition) is 7. The summed E-state index contributed by atoms with van der Waals surface area (Å²) in [5.41, 5.74) is 13.6. The van der Waals surface area contributed by atoms with Gasteiger partial charge in [-0.2, -0.15) is 13.9 Å². The molecular formula is C34H38ClF2N9O3. The van der Waals surface area contributed by atoms with Crippen LogP contribution in [-0.4, -0.2) is 69.4 Å². The summed E-state index contributed by atoms with van der Waals surface area (Å²) >= 11 is 6.45. The maximum atomic E-state index is 14.9. The van der Waals surface area contributed by atoms with Gasteiger partial charge >= 0.3 is 12.6 Å². The van der Waals surface area contributed by atoms with E-state index < -0.39 is 35.5 Å². The van der Waals surface area contributed by atoms with Gasteiger partial charge in [-0.3, -0.25) is 15.1 Å². The molecule has 2 atom stereocenters. The van der Waals surface area contributed by atoms with E-state index in [2.05, 4.69) is 10.1 Å². The fourth-order valence-corrected chi connectivity index (χ4v) is 6.85. The molecule has 1 spiro atoms. The van der Waals surface area contributed by atoms with Gasteiger partial charge in [0.15, 0.2) is 11.5 Å². The second kappa shape index (κ2) is 12.6. The summed E-state index contributed by atoms with van der Waals surface area (Å²) in [6.07, 6.45) is 5.36. The fourth-order valence-electron chi connectivity index (χ4n) is 6.64. The number of amidine groups is 1. The summed E-state index contributed by atoms with van der Waals surface area (Å²) in [7, 11) is 0. The molecule has 49 heavy (non-hydrogen) atoms. The van der Waals surface area contributed by atoms with Gasteiger partial charge in [-0.25, -0.2) is 19.5 Å². The summed E-state index contributed by atoms with van der Waals surface area (Å²) in [5.74, 6) is -0.516. The van der Waals surface area contributed by atoms with Gasteiger partial charge in [0.1, 0.15) is 18.8 Å². The molecule has 1 saturated carbocycles. The first-order chi connectivity index (χ1) is 23.1. The molecule has 15 heteroatoms. The zero-order chi connectivity index (χ0) is 35.3. The number of aromatic nitrogens is 2. The van der Waals surface area contributed by atoms with Crippen LogP contribution in [0.3, 0.4) is 0 Å². The molecule has 2 fully saturated rings. The molecule has 2 aromatic carbocycles. The van der Waals surface area contributed by atoms with E-state index in [1.807, 2.05) is 20.8 Å². The van der Waals surface area contributed by atoms with Crippen molar-refractivity contribution in [2.75, 3.05) is 19.7 Å². The van der Waals surface area contributed by atoms with E-state index in [0.29, 0.717) is 45.6 Å². The van der Waals surface area contributed by atoms with Gasteiger partial charge in [-0.1, -0.05) is 62.7 Å². The summed E-state index contributed by atoms with van der Waals surface area (Å²) < 4.78 is 32.7. The SMILES string of the molecule is CC(C)(C)C[C@]1(c2ccc(-c3cnn(C(F)F)c3)cc2)N=C(N)N([C@H](COC(=O)N2CC3(CC3)C2)c2ccc(Cl)c(C(N)=NC=N)c2)C1=O. The van der Waals surface area contributed by atoms with Crippen molar-refractivity contribution < 1.29 is 23.1 Å². The van der Waals surface area contributed by atoms with Crippen molar-refractivity contribution in [2.45, 2.75) is 58.2 Å². The number of amides is 2. The highest BCUT2D eigenvalue weighted by Gasteiger charge is 2.55. The number of carbonyl (C=O) groups excluding carboxylic acids is 2. The van der Waals surface area contributed by atoms with Gasteiger partial charge in [-0.05, 0) is 53.5 Å². The number of aliphatic imine (C=N–C) groups is 2. The Morgan fingerprint density at radius 2 is 1.86 bits per heavy atom. The first kappa shape index (κ1) is 34.0. The van der Waals surface area contributed by atoms with Crippen molar-refractivity contribution >= 4 is 41.7 Å². The Balaban J connectivity index is 1.37. The molecule has 6 rings (SSSR count). The van der Waals surface area contributed by atoms with Crippen molar-refractivity contribution in [3.05, 3.63) is 76.6 Å². The average Bonchev–Trinajstić information content (AvgIpc) is 3.61. The van der Waals surface area contributed by atoms with Crippen molar-refractivity contribution in [3.63, 3.8) is 0 Å². The molecule has 0 unspecified atom stereocenters. The number of nitrogens with one attached hydrogen (secondary N) is 1. The topological polar surface area (TPSA) is 168 Å². The van der Waals surface area contributed by atoms with Crippen molar-refractivity contribution in [1.29, 1.82) is 5.41 Å². The number of nitrogens with zero attached hydrogens (tertiary/aromatic N) is 6. The van der Waals surface area contributed by atoms with Crippen LogP contribution in [0.2, 0.25) is 5.02 Å². The average molecular weight is 694 g/mol. The lowest BCUT2D eigenvalue weighted by Gasteiger charge is -2.39. The Morgan fingerprint density at radius 3 is 2.45 bits per heavy atom. The van der Waals surface area contributed by atoms with Crippen LogP contribution < -0.4 is 11.5 Å². The summed E-state index contributed by atoms with van der Waals surface area (Å²) in [5, 5.41) is 11.3. The van der Waals surface area contributed by atoms with E-state index in [9.17, 15) is 18.4 Å². The summed E-state index contributed by atoms with van der Waals surface area (Å²) in [6, 6.07) is 10.9. The van der Waals surface area contributed by atoms with Crippen LogP contribution in [0, 0.1) is 16.2 Å². The third-order valence-electron chi connectivity index (χ3n) is 9.21. The number of guanidine groups is 1. The maximum Gasteiger partial charge on any atom is 0.409 e. The lowest BCUT2D eigenvalue weighted by Crippen LogP contribution is -2.52. The normalized spacial score (nSPS) is 20.8. The van der Waals surface area contributed by atoms with E-state index in [0.717, 1.165) is 19.2 Å². The Labute approximate surface area is 287 Å². The van der Waals surface area contributed by atoms with Crippen molar-refractivity contribution in [3.8, 4) is 11.1 Å². The van der Waals surface area contributed by atoms with Crippen molar-refractivity contribution in [2.24, 2.45) is 32.3 Å². The smallest absolute Gasteiger partial charge is 0.409 e. The highest BCUT2D eigenvalue weighted by Crippen LogP contribution is 2.53. The van der Waals surface area contributed by atoms with Crippen LogP contribution in [-0.2, 0) is 15.1 Å². The molecule has 3 aliphatic rings. The zero-order valence-electron chi connectivity index (χ0n) is 27.4. The minimum atomic E-state index is -2.77. The Bertz CT molecular complexity index is 1840. The number of carbonyl (C=O) groups is 2. The van der Waals surface area contributed by atoms with Gasteiger partial charge in [0, 0.05) is 35.8 Å². The number of ether oxygens (including phenoxy) is 1. The van der Waals surface area contributed by atoms with E-state index in [4.69, 9.17) is 38.2 Å². The standard InChI is InChI=1S/C34H38ClF2N9O3/c1-32(2,3)16-34(23-7-4-20(5-8-23)22-13-42-45(14-22)29(36)37)28(47)46(30(40)43-34)26(15-49-31(48)44-17-33(18-44)10-11-33)21-6-9-25(35)24(12-21)27(39)41-19-38/h4-9,12-14,19,26,29H,10-11,15-18H2,1-3H3,(H2,40,43)(H3,38,39,41)/t26-,34-/m1/s1. The molecule has 2 aliphatic heterocycles. The number of rotatable bonds is 10. The minimum absolute atomic E-state index is 0.0106. The highest BCUT2D eigenvalue weighted by atomic mass is 35.5. The first-order valence-corrected chi connectivity index (χ1v) is 16.2. The molecule has 3 aromatic rings. The van der Waals surface area contributed by atoms with Gasteiger partial charge < -0.3 is 21.1 Å². The molecule has 5 N–H and O–H groups in total. The second-order valence-electron chi connectivity index (χ2n) is 14.1. The number of hydrogen-bond donors (Lipinski definition) is 3. The maximum absolute atomic E-state index is 14.9. The summed E-state index contributed by atoms with van der Waals surface area (Å²) in [4.78, 5) is 39.6. The third kappa shape index (κ3) is 6.61. The molecule has 2 amide bonds. The highest BCUT2D eigenvalue weighted by molar-refractivity contribution is 6.34. The zero-order valence-corrected chi connectivity index (χ0v) is 28.1. The van der Waals surface area contributed by atoms with Gasteiger partial charge in [-0.15, -0.1) is 0 Å². The predicted molar refractivity (Wildman–Crippen MR) is 181 cm³/mol. The Hall–Kier alpha value is -4.85. The van der Waals surface area contributed by atoms with E-state index >= 15 is 0 Å². The van der Waals surface area contributed by atoms with E-state index in [1.165, 1.54) is 17.3 Å². The van der Waals surface area contributed by atoms with Crippen LogP contribution in [0.4, 0.5) is 13.6 Å². The van der Waals surface area contributed by atoms with Crippen LogP contribution in [0.25, 0.3) is 11.1 Å². The Kier molecular flexibility index (Phi) is 8.72. The minimum Gasteiger partial charge on any atom is -0.447 e. The van der Waals surface area contributed by atoms with Crippen LogP contribution in [0.1, 0.15) is 69.3 Å². The van der Waals surface area contributed by atoms with E-state index in [-0.39, 0.29) is 35.3 Å².